The van der Waals surface area contributed by atoms with Gasteiger partial charge in [-0.3, -0.25) is 4.79 Å². The fourth-order valence-corrected chi connectivity index (χ4v) is 2.88. The van der Waals surface area contributed by atoms with Crippen LogP contribution in [0.1, 0.15) is 37.8 Å². The van der Waals surface area contributed by atoms with Gasteiger partial charge in [-0.05, 0) is 50.6 Å². The van der Waals surface area contributed by atoms with Gasteiger partial charge < -0.3 is 15.4 Å². The molecule has 7 heteroatoms. The highest BCUT2D eigenvalue weighted by molar-refractivity contribution is 6.03. The second-order valence-corrected chi connectivity index (χ2v) is 6.66. The van der Waals surface area contributed by atoms with Crippen LogP contribution in [0.15, 0.2) is 48.5 Å². The Kier molecular flexibility index (Phi) is 5.87. The third-order valence-electron chi connectivity index (χ3n) is 4.26. The normalized spacial score (nSPS) is 10.3. The molecule has 0 radical (unpaired) electrons. The van der Waals surface area contributed by atoms with Crippen LogP contribution in [0, 0.1) is 20.8 Å². The summed E-state index contributed by atoms with van der Waals surface area (Å²) in [6.45, 7) is 5.65. The molecule has 0 saturated carbocycles. The molecule has 3 aromatic rings. The fraction of sp³-hybridized carbons (Fsp3) is 0.182. The predicted octanol–water partition coefficient (Wildman–Crippen LogP) is 4.18. The highest BCUT2D eigenvalue weighted by Crippen LogP contribution is 2.20. The number of hydrogen-bond acceptors (Lipinski definition) is 6. The Labute approximate surface area is 169 Å². The van der Waals surface area contributed by atoms with E-state index in [-0.39, 0.29) is 11.6 Å². The minimum Gasteiger partial charge on any atom is -0.465 e. The average molecular weight is 390 g/mol. The van der Waals surface area contributed by atoms with E-state index >= 15 is 0 Å². The maximum atomic E-state index is 12.7. The number of carbonyl (C=O) groups excluding carboxylic acids is 2. The molecular weight excluding hydrogens is 368 g/mol. The summed E-state index contributed by atoms with van der Waals surface area (Å²) < 4.78 is 4.74. The van der Waals surface area contributed by atoms with Crippen molar-refractivity contribution in [2.45, 2.75) is 20.8 Å². The van der Waals surface area contributed by atoms with E-state index < -0.39 is 5.97 Å². The lowest BCUT2D eigenvalue weighted by molar-refractivity contribution is 0.0600. The third kappa shape index (κ3) is 4.95. The van der Waals surface area contributed by atoms with Crippen molar-refractivity contribution in [2.75, 3.05) is 17.7 Å². The molecule has 148 valence electrons. The van der Waals surface area contributed by atoms with E-state index in [4.69, 9.17) is 4.74 Å². The summed E-state index contributed by atoms with van der Waals surface area (Å²) in [4.78, 5) is 33.0. The van der Waals surface area contributed by atoms with Gasteiger partial charge in [0, 0.05) is 17.4 Å². The zero-order valence-electron chi connectivity index (χ0n) is 16.7. The lowest BCUT2D eigenvalue weighted by Gasteiger charge is -2.11. The molecule has 7 nitrogen and oxygen atoms in total. The molecule has 0 bridgehead atoms. The summed E-state index contributed by atoms with van der Waals surface area (Å²) in [6, 6.07) is 14.2. The van der Waals surface area contributed by atoms with Crippen LogP contribution >= 0.6 is 0 Å². The van der Waals surface area contributed by atoms with Crippen molar-refractivity contribution in [3.05, 3.63) is 76.7 Å². The number of methoxy groups -OCH3 is 1. The molecule has 0 aliphatic heterocycles. The molecule has 0 unspecified atom stereocenters. The highest BCUT2D eigenvalue weighted by atomic mass is 16.5. The van der Waals surface area contributed by atoms with Crippen LogP contribution in [0.5, 0.6) is 0 Å². The smallest absolute Gasteiger partial charge is 0.337 e. The van der Waals surface area contributed by atoms with Gasteiger partial charge in [0.2, 0.25) is 0 Å². The molecule has 0 aliphatic rings. The van der Waals surface area contributed by atoms with Crippen molar-refractivity contribution in [1.82, 2.24) is 9.97 Å². The van der Waals surface area contributed by atoms with Crippen LogP contribution in [0.3, 0.4) is 0 Å². The van der Waals surface area contributed by atoms with Crippen LogP contribution in [0.4, 0.5) is 17.2 Å². The topological polar surface area (TPSA) is 93.2 Å². The molecule has 1 amide bonds. The Morgan fingerprint density at radius 1 is 0.966 bits per heavy atom. The number of benzene rings is 2. The highest BCUT2D eigenvalue weighted by Gasteiger charge is 2.13. The average Bonchev–Trinajstić information content (AvgIpc) is 2.69. The monoisotopic (exact) mass is 390 g/mol. The Balaban J connectivity index is 1.82. The number of carbonyl (C=O) groups is 2. The maximum absolute atomic E-state index is 12.7. The van der Waals surface area contributed by atoms with Gasteiger partial charge in [0.25, 0.3) is 5.91 Å². The van der Waals surface area contributed by atoms with Gasteiger partial charge in [-0.25, -0.2) is 14.8 Å². The van der Waals surface area contributed by atoms with Crippen molar-refractivity contribution in [3.8, 4) is 0 Å². The Morgan fingerprint density at radius 3 is 2.48 bits per heavy atom. The molecule has 2 N–H and O–H groups in total. The van der Waals surface area contributed by atoms with Crippen LogP contribution in [-0.2, 0) is 4.74 Å². The summed E-state index contributed by atoms with van der Waals surface area (Å²) in [5, 5.41) is 5.99. The van der Waals surface area contributed by atoms with E-state index in [2.05, 4.69) is 20.6 Å². The van der Waals surface area contributed by atoms with Gasteiger partial charge in [0.15, 0.2) is 0 Å². The summed E-state index contributed by atoms with van der Waals surface area (Å²) in [6.07, 6.45) is 0. The zero-order valence-corrected chi connectivity index (χ0v) is 16.7. The molecule has 0 aliphatic carbocycles. The predicted molar refractivity (Wildman–Crippen MR) is 112 cm³/mol. The summed E-state index contributed by atoms with van der Waals surface area (Å²) in [5.74, 6) is 0.144. The second kappa shape index (κ2) is 8.52. The maximum Gasteiger partial charge on any atom is 0.337 e. The van der Waals surface area contributed by atoms with Crippen LogP contribution in [0.25, 0.3) is 0 Å². The molecule has 0 saturated heterocycles. The van der Waals surface area contributed by atoms with Crippen molar-refractivity contribution in [1.29, 1.82) is 0 Å². The summed E-state index contributed by atoms with van der Waals surface area (Å²) >= 11 is 0. The number of anilines is 3. The number of aromatic nitrogens is 2. The molecule has 29 heavy (non-hydrogen) atoms. The number of nitrogens with one attached hydrogen (secondary N) is 2. The number of amides is 1. The minimum absolute atomic E-state index is 0.240. The largest absolute Gasteiger partial charge is 0.465 e. The molecule has 3 rings (SSSR count). The van der Waals surface area contributed by atoms with Gasteiger partial charge in [-0.1, -0.05) is 23.8 Å². The number of ether oxygens (including phenoxy) is 1. The SMILES string of the molecule is COC(=O)c1cccc(Nc2cc(C(=O)Nc3ccc(C)cc3C)nc(C)n2)c1. The van der Waals surface area contributed by atoms with E-state index in [1.165, 1.54) is 7.11 Å². The Hall–Kier alpha value is -3.74. The lowest BCUT2D eigenvalue weighted by Crippen LogP contribution is -2.16. The zero-order chi connectivity index (χ0) is 21.0. The minimum atomic E-state index is -0.430. The van der Waals surface area contributed by atoms with E-state index in [9.17, 15) is 9.59 Å². The van der Waals surface area contributed by atoms with Crippen molar-refractivity contribution < 1.29 is 14.3 Å². The molecule has 1 heterocycles. The van der Waals surface area contributed by atoms with Gasteiger partial charge in [-0.15, -0.1) is 0 Å². The fourth-order valence-electron chi connectivity index (χ4n) is 2.88. The molecule has 0 atom stereocenters. The molecule has 2 aromatic carbocycles. The van der Waals surface area contributed by atoms with E-state index in [0.717, 1.165) is 16.8 Å². The summed E-state index contributed by atoms with van der Waals surface area (Å²) in [7, 11) is 1.33. The first kappa shape index (κ1) is 20.0. The standard InChI is InChI=1S/C22H22N4O3/c1-13-8-9-18(14(2)10-13)26-21(27)19-12-20(24-15(3)23-19)25-17-7-5-6-16(11-17)22(28)29-4/h5-12H,1-4H3,(H,26,27)(H,23,24,25). The Bertz CT molecular complexity index is 1080. The molecule has 1 aromatic heterocycles. The number of esters is 1. The molecule has 0 spiro atoms. The quantitative estimate of drug-likeness (QED) is 0.635. The first-order chi connectivity index (χ1) is 13.9. The number of rotatable bonds is 5. The first-order valence-corrected chi connectivity index (χ1v) is 9.05. The number of aryl methyl sites for hydroxylation is 3. The molecular formula is C22H22N4O3. The van der Waals surface area contributed by atoms with Crippen molar-refractivity contribution in [2.24, 2.45) is 0 Å². The first-order valence-electron chi connectivity index (χ1n) is 9.05. The van der Waals surface area contributed by atoms with E-state index in [1.54, 1.807) is 37.3 Å². The van der Waals surface area contributed by atoms with Crippen molar-refractivity contribution >= 4 is 29.1 Å². The van der Waals surface area contributed by atoms with Crippen LogP contribution < -0.4 is 10.6 Å². The Morgan fingerprint density at radius 2 is 1.76 bits per heavy atom. The van der Waals surface area contributed by atoms with Gasteiger partial charge >= 0.3 is 5.97 Å². The van der Waals surface area contributed by atoms with Crippen molar-refractivity contribution in [3.63, 3.8) is 0 Å². The number of hydrogen-bond donors (Lipinski definition) is 2. The second-order valence-electron chi connectivity index (χ2n) is 6.66. The van der Waals surface area contributed by atoms with Crippen LogP contribution in [0.2, 0.25) is 0 Å². The third-order valence-corrected chi connectivity index (χ3v) is 4.26. The lowest BCUT2D eigenvalue weighted by atomic mass is 10.1. The number of nitrogens with zero attached hydrogens (tertiary/aromatic N) is 2. The van der Waals surface area contributed by atoms with E-state index in [0.29, 0.717) is 22.9 Å². The van der Waals surface area contributed by atoms with E-state index in [1.807, 2.05) is 32.0 Å². The van der Waals surface area contributed by atoms with Gasteiger partial charge in [0.05, 0.1) is 12.7 Å². The van der Waals surface area contributed by atoms with Crippen LogP contribution in [-0.4, -0.2) is 29.0 Å². The van der Waals surface area contributed by atoms with Gasteiger partial charge in [0.1, 0.15) is 17.3 Å². The summed E-state index contributed by atoms with van der Waals surface area (Å²) in [5.41, 5.74) is 4.13. The van der Waals surface area contributed by atoms with Gasteiger partial charge in [-0.2, -0.15) is 0 Å². The molecule has 0 fully saturated rings.